The number of ether oxygens (including phenoxy) is 1. The van der Waals surface area contributed by atoms with Crippen molar-refractivity contribution >= 4 is 17.4 Å². The lowest BCUT2D eigenvalue weighted by atomic mass is 9.92. The summed E-state index contributed by atoms with van der Waals surface area (Å²) < 4.78 is 5.37. The molecule has 1 atom stereocenters. The summed E-state index contributed by atoms with van der Waals surface area (Å²) in [6, 6.07) is 18.5. The Morgan fingerprint density at radius 2 is 1.52 bits per heavy atom. The second-order valence-corrected chi connectivity index (χ2v) is 4.71. The summed E-state index contributed by atoms with van der Waals surface area (Å²) >= 11 is 0. The van der Waals surface area contributed by atoms with Crippen LogP contribution in [0.1, 0.15) is 17.2 Å². The van der Waals surface area contributed by atoms with Crippen molar-refractivity contribution in [3.05, 3.63) is 77.4 Å². The predicted octanol–water partition coefficient (Wildman–Crippen LogP) is 2.22. The highest BCUT2D eigenvalue weighted by molar-refractivity contribution is 6.24. The summed E-state index contributed by atoms with van der Waals surface area (Å²) in [7, 11) is 0. The van der Waals surface area contributed by atoms with Crippen molar-refractivity contribution in [2.75, 3.05) is 0 Å². The molecule has 2 N–H and O–H groups in total. The van der Waals surface area contributed by atoms with E-state index in [1.165, 1.54) is 0 Å². The molecule has 0 spiro atoms. The molecule has 0 radical (unpaired) electrons. The van der Waals surface area contributed by atoms with Crippen LogP contribution in [0, 0.1) is 0 Å². The molecule has 3 rings (SSSR count). The molecular formula is C17H13NO3. The average Bonchev–Trinajstić information content (AvgIpc) is 2.86. The molecule has 1 heterocycles. The number of carbonyl (C=O) groups is 2. The van der Waals surface area contributed by atoms with Crippen LogP contribution in [0.15, 0.2) is 66.2 Å². The fourth-order valence-corrected chi connectivity index (χ4v) is 2.48. The van der Waals surface area contributed by atoms with Gasteiger partial charge in [-0.2, -0.15) is 0 Å². The van der Waals surface area contributed by atoms with Crippen LogP contribution in [0.4, 0.5) is 0 Å². The van der Waals surface area contributed by atoms with Gasteiger partial charge >= 0.3 is 5.97 Å². The molecule has 4 heteroatoms. The van der Waals surface area contributed by atoms with Crippen LogP contribution in [0.2, 0.25) is 0 Å². The van der Waals surface area contributed by atoms with Gasteiger partial charge in [0.1, 0.15) is 5.57 Å². The SMILES string of the molecule is NC(=O)C1=C(c2ccccc2)C(c2ccccc2)OC1=O. The van der Waals surface area contributed by atoms with Gasteiger partial charge in [-0.05, 0) is 11.1 Å². The summed E-state index contributed by atoms with van der Waals surface area (Å²) in [4.78, 5) is 23.6. The smallest absolute Gasteiger partial charge is 0.345 e. The van der Waals surface area contributed by atoms with Gasteiger partial charge < -0.3 is 10.5 Å². The Balaban J connectivity index is 2.19. The third-order valence-electron chi connectivity index (χ3n) is 3.39. The summed E-state index contributed by atoms with van der Waals surface area (Å²) in [6.07, 6.45) is -0.608. The van der Waals surface area contributed by atoms with Gasteiger partial charge in [0, 0.05) is 5.57 Å². The molecule has 104 valence electrons. The predicted molar refractivity (Wildman–Crippen MR) is 77.8 cm³/mol. The molecule has 0 saturated carbocycles. The number of hydrogen-bond donors (Lipinski definition) is 1. The van der Waals surface area contributed by atoms with Crippen LogP contribution in [-0.4, -0.2) is 11.9 Å². The number of rotatable bonds is 3. The second kappa shape index (κ2) is 5.25. The van der Waals surface area contributed by atoms with E-state index < -0.39 is 18.0 Å². The Morgan fingerprint density at radius 1 is 0.952 bits per heavy atom. The zero-order valence-corrected chi connectivity index (χ0v) is 11.2. The van der Waals surface area contributed by atoms with Gasteiger partial charge in [0.15, 0.2) is 6.10 Å². The molecule has 2 aromatic rings. The lowest BCUT2D eigenvalue weighted by molar-refractivity contribution is -0.140. The fourth-order valence-electron chi connectivity index (χ4n) is 2.48. The molecule has 4 nitrogen and oxygen atoms in total. The van der Waals surface area contributed by atoms with E-state index in [0.29, 0.717) is 5.57 Å². The second-order valence-electron chi connectivity index (χ2n) is 4.71. The van der Waals surface area contributed by atoms with Crippen molar-refractivity contribution < 1.29 is 14.3 Å². The van der Waals surface area contributed by atoms with Gasteiger partial charge in [0.25, 0.3) is 5.91 Å². The Morgan fingerprint density at radius 3 is 2.10 bits per heavy atom. The van der Waals surface area contributed by atoms with Crippen molar-refractivity contribution in [2.24, 2.45) is 5.73 Å². The Hall–Kier alpha value is -2.88. The number of benzene rings is 2. The maximum atomic E-state index is 12.0. The lowest BCUT2D eigenvalue weighted by Gasteiger charge is -2.14. The summed E-state index contributed by atoms with van der Waals surface area (Å²) in [6.45, 7) is 0. The molecule has 0 aromatic heterocycles. The third kappa shape index (κ3) is 2.31. The number of carbonyl (C=O) groups excluding carboxylic acids is 2. The summed E-state index contributed by atoms with van der Waals surface area (Å²) in [5.41, 5.74) is 7.37. The average molecular weight is 279 g/mol. The number of primary amides is 1. The van der Waals surface area contributed by atoms with Crippen molar-refractivity contribution in [1.82, 2.24) is 0 Å². The highest BCUT2D eigenvalue weighted by Gasteiger charge is 2.38. The van der Waals surface area contributed by atoms with Gasteiger partial charge in [-0.25, -0.2) is 4.79 Å². The molecule has 0 aliphatic carbocycles. The number of amides is 1. The topological polar surface area (TPSA) is 69.4 Å². The van der Waals surface area contributed by atoms with Crippen LogP contribution >= 0.6 is 0 Å². The van der Waals surface area contributed by atoms with E-state index in [9.17, 15) is 9.59 Å². The summed E-state index contributed by atoms with van der Waals surface area (Å²) in [5.74, 6) is -1.44. The van der Waals surface area contributed by atoms with E-state index in [4.69, 9.17) is 10.5 Å². The Labute approximate surface area is 121 Å². The minimum Gasteiger partial charge on any atom is -0.449 e. The molecule has 0 fully saturated rings. The highest BCUT2D eigenvalue weighted by atomic mass is 16.5. The van der Waals surface area contributed by atoms with Crippen LogP contribution in [0.3, 0.4) is 0 Å². The number of hydrogen-bond acceptors (Lipinski definition) is 3. The number of esters is 1. The van der Waals surface area contributed by atoms with Gasteiger partial charge in [-0.3, -0.25) is 4.79 Å². The first kappa shape index (κ1) is 13.1. The summed E-state index contributed by atoms with van der Waals surface area (Å²) in [5, 5.41) is 0. The van der Waals surface area contributed by atoms with E-state index in [1.807, 2.05) is 60.7 Å². The van der Waals surface area contributed by atoms with Crippen molar-refractivity contribution in [1.29, 1.82) is 0 Å². The third-order valence-corrected chi connectivity index (χ3v) is 3.39. The molecular weight excluding hydrogens is 266 g/mol. The minimum absolute atomic E-state index is 0.0740. The molecule has 1 aliphatic rings. The van der Waals surface area contributed by atoms with Crippen LogP contribution in [0.5, 0.6) is 0 Å². The van der Waals surface area contributed by atoms with E-state index in [1.54, 1.807) is 0 Å². The van der Waals surface area contributed by atoms with E-state index in [0.717, 1.165) is 11.1 Å². The van der Waals surface area contributed by atoms with E-state index >= 15 is 0 Å². The zero-order chi connectivity index (χ0) is 14.8. The van der Waals surface area contributed by atoms with Gasteiger partial charge in [0.05, 0.1) is 0 Å². The molecule has 21 heavy (non-hydrogen) atoms. The first-order chi connectivity index (χ1) is 10.2. The molecule has 0 bridgehead atoms. The van der Waals surface area contributed by atoms with Crippen molar-refractivity contribution in [3.8, 4) is 0 Å². The van der Waals surface area contributed by atoms with Gasteiger partial charge in [-0.15, -0.1) is 0 Å². The maximum Gasteiger partial charge on any atom is 0.345 e. The molecule has 0 saturated heterocycles. The van der Waals surface area contributed by atoms with Crippen LogP contribution < -0.4 is 5.73 Å². The number of cyclic esters (lactones) is 1. The van der Waals surface area contributed by atoms with Crippen LogP contribution in [0.25, 0.3) is 5.57 Å². The molecule has 1 unspecified atom stereocenters. The Bertz CT molecular complexity index is 720. The first-order valence-electron chi connectivity index (χ1n) is 6.54. The molecule has 1 aliphatic heterocycles. The Kier molecular flexibility index (Phi) is 3.28. The quantitative estimate of drug-likeness (QED) is 0.692. The van der Waals surface area contributed by atoms with E-state index in [-0.39, 0.29) is 5.57 Å². The molecule has 2 aromatic carbocycles. The van der Waals surface area contributed by atoms with Gasteiger partial charge in [-0.1, -0.05) is 60.7 Å². The van der Waals surface area contributed by atoms with Crippen LogP contribution in [-0.2, 0) is 14.3 Å². The maximum absolute atomic E-state index is 12.0. The van der Waals surface area contributed by atoms with E-state index in [2.05, 4.69) is 0 Å². The minimum atomic E-state index is -0.766. The normalized spacial score (nSPS) is 17.7. The monoisotopic (exact) mass is 279 g/mol. The largest absolute Gasteiger partial charge is 0.449 e. The first-order valence-corrected chi connectivity index (χ1v) is 6.54. The number of nitrogens with two attached hydrogens (primary N) is 1. The highest BCUT2D eigenvalue weighted by Crippen LogP contribution is 2.41. The molecule has 1 amide bonds. The van der Waals surface area contributed by atoms with Crippen molar-refractivity contribution in [2.45, 2.75) is 6.10 Å². The van der Waals surface area contributed by atoms with Gasteiger partial charge in [0.2, 0.25) is 0 Å². The zero-order valence-electron chi connectivity index (χ0n) is 11.2. The lowest BCUT2D eigenvalue weighted by Crippen LogP contribution is -2.19. The fraction of sp³-hybridized carbons (Fsp3) is 0.0588. The standard InChI is InChI=1S/C17H13NO3/c18-16(19)14-13(11-7-3-1-4-8-11)15(21-17(14)20)12-9-5-2-6-10-12/h1-10,15H,(H2,18,19). The van der Waals surface area contributed by atoms with Crippen molar-refractivity contribution in [3.63, 3.8) is 0 Å².